The molecule has 0 N–H and O–H groups in total. The number of alkyl halides is 3. The van der Waals surface area contributed by atoms with Crippen LogP contribution >= 0.6 is 11.6 Å². The molecule has 1 heterocycles. The number of unbranched alkanes of at least 4 members (excludes halogenated alkanes) is 1. The molecule has 0 amide bonds. The molecule has 190 valence electrons. The van der Waals surface area contributed by atoms with E-state index in [1.165, 1.54) is 24.4 Å². The van der Waals surface area contributed by atoms with Crippen molar-refractivity contribution >= 4 is 23.6 Å². The summed E-state index contributed by atoms with van der Waals surface area (Å²) in [5, 5.41) is 0.346. The van der Waals surface area contributed by atoms with Gasteiger partial charge in [-0.2, -0.15) is 13.2 Å². The van der Waals surface area contributed by atoms with Gasteiger partial charge in [0.25, 0.3) is 0 Å². The van der Waals surface area contributed by atoms with E-state index in [1.54, 1.807) is 24.3 Å². The maximum atomic E-state index is 12.7. The van der Waals surface area contributed by atoms with Crippen molar-refractivity contribution in [3.8, 4) is 17.4 Å². The van der Waals surface area contributed by atoms with E-state index in [9.17, 15) is 18.0 Å². The smallest absolute Gasteiger partial charge is 0.416 e. The number of hydrogen-bond donors (Lipinski definition) is 0. The zero-order valence-corrected chi connectivity index (χ0v) is 20.5. The molecule has 9 heteroatoms. The first-order valence-corrected chi connectivity index (χ1v) is 11.6. The maximum absolute atomic E-state index is 12.7. The predicted molar refractivity (Wildman–Crippen MR) is 131 cm³/mol. The first-order valence-electron chi connectivity index (χ1n) is 11.2. The van der Waals surface area contributed by atoms with E-state index in [0.29, 0.717) is 28.7 Å². The van der Waals surface area contributed by atoms with E-state index in [-0.39, 0.29) is 12.5 Å². The monoisotopic (exact) mass is 519 g/mol. The van der Waals surface area contributed by atoms with Crippen molar-refractivity contribution in [2.75, 3.05) is 6.61 Å². The van der Waals surface area contributed by atoms with Crippen LogP contribution in [-0.4, -0.2) is 17.6 Å². The number of aromatic nitrogens is 1. The third-order valence-electron chi connectivity index (χ3n) is 5.01. The van der Waals surface area contributed by atoms with Crippen LogP contribution in [0.25, 0.3) is 6.08 Å². The number of halogens is 4. The van der Waals surface area contributed by atoms with Gasteiger partial charge in [-0.15, -0.1) is 0 Å². The van der Waals surface area contributed by atoms with Crippen LogP contribution < -0.4 is 9.47 Å². The summed E-state index contributed by atoms with van der Waals surface area (Å²) in [6.45, 7) is 4.31. The molecule has 1 aromatic heterocycles. The summed E-state index contributed by atoms with van der Waals surface area (Å²) in [7, 11) is 0. The molecule has 0 saturated carbocycles. The largest absolute Gasteiger partial charge is 0.487 e. The molecule has 0 fully saturated rings. The molecule has 0 bridgehead atoms. The minimum atomic E-state index is -4.38. The molecule has 3 rings (SSSR count). The van der Waals surface area contributed by atoms with Crippen molar-refractivity contribution in [2.45, 2.75) is 39.5 Å². The van der Waals surface area contributed by atoms with Crippen LogP contribution in [0.3, 0.4) is 0 Å². The average molecular weight is 520 g/mol. The summed E-state index contributed by atoms with van der Waals surface area (Å²) < 4.78 is 54.5. The molecule has 0 aliphatic carbocycles. The molecular formula is C27H25ClF3NO4. The molecule has 0 unspecified atom stereocenters. The normalized spacial score (nSPS) is 11.5. The highest BCUT2D eigenvalue weighted by atomic mass is 35.5. The van der Waals surface area contributed by atoms with E-state index in [0.717, 1.165) is 36.1 Å². The fraction of sp³-hybridized carbons (Fsp3) is 0.259. The van der Waals surface area contributed by atoms with E-state index in [4.69, 9.17) is 25.8 Å². The molecular weight excluding hydrogens is 495 g/mol. The standard InChI is InChI=1S/C27H25ClF3NO4/c1-3-4-13-34-25(33)12-7-20-14-18(2)26(23(28)15-20)36-24-11-10-22(16-32-24)35-17-19-5-8-21(9-6-19)27(29,30)31/h5-12,14-16H,3-4,13,17H2,1-2H3/b12-7+. The Morgan fingerprint density at radius 1 is 1.11 bits per heavy atom. The lowest BCUT2D eigenvalue weighted by Gasteiger charge is -2.12. The van der Waals surface area contributed by atoms with Crippen molar-refractivity contribution in [2.24, 2.45) is 0 Å². The van der Waals surface area contributed by atoms with Gasteiger partial charge in [-0.1, -0.05) is 37.1 Å². The van der Waals surface area contributed by atoms with Gasteiger partial charge in [-0.05, 0) is 66.4 Å². The molecule has 0 spiro atoms. The second-order valence-corrected chi connectivity index (χ2v) is 8.33. The lowest BCUT2D eigenvalue weighted by Crippen LogP contribution is -2.05. The average Bonchev–Trinajstić information content (AvgIpc) is 2.84. The van der Waals surface area contributed by atoms with Crippen molar-refractivity contribution < 1.29 is 32.2 Å². The van der Waals surface area contributed by atoms with Crippen molar-refractivity contribution in [1.29, 1.82) is 0 Å². The van der Waals surface area contributed by atoms with Gasteiger partial charge >= 0.3 is 12.1 Å². The van der Waals surface area contributed by atoms with Crippen molar-refractivity contribution in [3.63, 3.8) is 0 Å². The topological polar surface area (TPSA) is 57.7 Å². The Labute approximate surface area is 212 Å². The second kappa shape index (κ2) is 12.4. The Morgan fingerprint density at radius 2 is 1.86 bits per heavy atom. The van der Waals surface area contributed by atoms with Crippen LogP contribution in [0.2, 0.25) is 5.02 Å². The number of esters is 1. The summed E-state index contributed by atoms with van der Waals surface area (Å²) >= 11 is 6.39. The second-order valence-electron chi connectivity index (χ2n) is 7.92. The fourth-order valence-corrected chi connectivity index (χ4v) is 3.40. The maximum Gasteiger partial charge on any atom is 0.416 e. The van der Waals surface area contributed by atoms with Gasteiger partial charge in [0.05, 0.1) is 23.4 Å². The Kier molecular flexibility index (Phi) is 9.36. The number of carbonyl (C=O) groups excluding carboxylic acids is 1. The van der Waals surface area contributed by atoms with Gasteiger partial charge in [0.1, 0.15) is 12.4 Å². The number of ether oxygens (including phenoxy) is 3. The number of rotatable bonds is 10. The van der Waals surface area contributed by atoms with Crippen LogP contribution in [0, 0.1) is 6.92 Å². The van der Waals surface area contributed by atoms with Gasteiger partial charge in [0.2, 0.25) is 5.88 Å². The Morgan fingerprint density at radius 3 is 2.47 bits per heavy atom. The Bertz CT molecular complexity index is 1170. The van der Waals surface area contributed by atoms with Crippen molar-refractivity contribution in [3.05, 3.63) is 88.1 Å². The number of aryl methyl sites for hydroxylation is 1. The summed E-state index contributed by atoms with van der Waals surface area (Å²) in [5.41, 5.74) is 1.34. The lowest BCUT2D eigenvalue weighted by molar-refractivity contribution is -0.138. The molecule has 0 saturated heterocycles. The van der Waals surface area contributed by atoms with Gasteiger partial charge in [-0.3, -0.25) is 0 Å². The SMILES string of the molecule is CCCCOC(=O)/C=C/c1cc(C)c(Oc2ccc(OCc3ccc(C(F)(F)F)cc3)cn2)c(Cl)c1. The highest BCUT2D eigenvalue weighted by Gasteiger charge is 2.29. The van der Waals surface area contributed by atoms with Crippen LogP contribution in [0.4, 0.5) is 13.2 Å². The summed E-state index contributed by atoms with van der Waals surface area (Å²) in [6, 6.07) is 11.5. The molecule has 5 nitrogen and oxygen atoms in total. The number of hydrogen-bond acceptors (Lipinski definition) is 5. The molecule has 0 aliphatic rings. The number of pyridine rings is 1. The first-order chi connectivity index (χ1) is 17.2. The van der Waals surface area contributed by atoms with E-state index in [1.807, 2.05) is 19.9 Å². The van der Waals surface area contributed by atoms with Crippen LogP contribution in [0.15, 0.2) is 60.8 Å². The van der Waals surface area contributed by atoms with E-state index < -0.39 is 17.7 Å². The molecule has 0 radical (unpaired) electrons. The molecule has 0 aliphatic heterocycles. The van der Waals surface area contributed by atoms with Crippen molar-refractivity contribution in [1.82, 2.24) is 4.98 Å². The fourth-order valence-electron chi connectivity index (χ4n) is 3.09. The number of nitrogens with zero attached hydrogens (tertiary/aromatic N) is 1. The van der Waals surface area contributed by atoms with Crippen LogP contribution in [-0.2, 0) is 22.3 Å². The highest BCUT2D eigenvalue weighted by molar-refractivity contribution is 6.32. The van der Waals surface area contributed by atoms with E-state index in [2.05, 4.69) is 4.98 Å². The van der Waals surface area contributed by atoms with Gasteiger partial charge in [-0.25, -0.2) is 9.78 Å². The van der Waals surface area contributed by atoms with Crippen LogP contribution in [0.1, 0.15) is 42.0 Å². The third kappa shape index (κ3) is 8.02. The van der Waals surface area contributed by atoms with Gasteiger partial charge < -0.3 is 14.2 Å². The summed E-state index contributed by atoms with van der Waals surface area (Å²) in [6.07, 6.45) is 1.81. The van der Waals surface area contributed by atoms with Gasteiger partial charge in [0, 0.05) is 12.1 Å². The van der Waals surface area contributed by atoms with E-state index >= 15 is 0 Å². The highest BCUT2D eigenvalue weighted by Crippen LogP contribution is 2.34. The quantitative estimate of drug-likeness (QED) is 0.155. The predicted octanol–water partition coefficient (Wildman–Crippen LogP) is 7.79. The van der Waals surface area contributed by atoms with Gasteiger partial charge in [0.15, 0.2) is 5.75 Å². The lowest BCUT2D eigenvalue weighted by atomic mass is 10.1. The summed E-state index contributed by atoms with van der Waals surface area (Å²) in [5.74, 6) is 0.716. The molecule has 0 atom stereocenters. The van der Waals surface area contributed by atoms with Crippen LogP contribution in [0.5, 0.6) is 17.4 Å². The molecule has 3 aromatic rings. The zero-order chi connectivity index (χ0) is 26.1. The Hall–Kier alpha value is -3.52. The zero-order valence-electron chi connectivity index (χ0n) is 19.8. The molecule has 2 aromatic carbocycles. The minimum absolute atomic E-state index is 0.0894. The summed E-state index contributed by atoms with van der Waals surface area (Å²) in [4.78, 5) is 15.9. The first kappa shape index (κ1) is 27.1. The Balaban J connectivity index is 1.58. The third-order valence-corrected chi connectivity index (χ3v) is 5.29. The number of carbonyl (C=O) groups is 1. The minimum Gasteiger partial charge on any atom is -0.487 e. The number of benzene rings is 2. The molecule has 36 heavy (non-hydrogen) atoms.